The molecule has 110 valence electrons. The fraction of sp³-hybridized carbons (Fsp3) is 1.00. The van der Waals surface area contributed by atoms with Crippen molar-refractivity contribution in [2.24, 2.45) is 0 Å². The minimum Gasteiger partial charge on any atom is -0.356 e. The molecule has 0 spiro atoms. The molecule has 0 aromatic heterocycles. The van der Waals surface area contributed by atoms with Crippen molar-refractivity contribution < 1.29 is 28.7 Å². The lowest BCUT2D eigenvalue weighted by atomic mass is 10.3. The third kappa shape index (κ3) is 9.76. The zero-order chi connectivity index (χ0) is 13.6. The summed E-state index contributed by atoms with van der Waals surface area (Å²) in [7, 11) is 6.47. The molecule has 0 aliphatic heterocycles. The van der Waals surface area contributed by atoms with Crippen molar-refractivity contribution >= 4 is 0 Å². The molecule has 0 aliphatic rings. The standard InChI is InChI=1S/C12H26O6/c1-13-11(14-2)7-5-9-17-18-10-6-8-12(15-3)16-4/h11-12H,5-10H2,1-4H3. The molecular formula is C12H26O6. The van der Waals surface area contributed by atoms with Crippen molar-refractivity contribution in [2.75, 3.05) is 41.7 Å². The molecule has 0 unspecified atom stereocenters. The quantitative estimate of drug-likeness (QED) is 0.219. The van der Waals surface area contributed by atoms with Crippen LogP contribution < -0.4 is 0 Å². The highest BCUT2D eigenvalue weighted by Gasteiger charge is 2.05. The van der Waals surface area contributed by atoms with E-state index in [0.717, 1.165) is 25.7 Å². The Balaban J connectivity index is 3.21. The van der Waals surface area contributed by atoms with Crippen molar-refractivity contribution in [3.63, 3.8) is 0 Å². The second kappa shape index (κ2) is 13.2. The van der Waals surface area contributed by atoms with E-state index in [0.29, 0.717) is 13.2 Å². The highest BCUT2D eigenvalue weighted by Crippen LogP contribution is 2.04. The van der Waals surface area contributed by atoms with E-state index in [2.05, 4.69) is 0 Å². The van der Waals surface area contributed by atoms with Crippen LogP contribution in [0.1, 0.15) is 25.7 Å². The minimum absolute atomic E-state index is 0.169. The van der Waals surface area contributed by atoms with Gasteiger partial charge in [-0.05, 0) is 12.8 Å². The average molecular weight is 266 g/mol. The van der Waals surface area contributed by atoms with E-state index in [-0.39, 0.29) is 12.6 Å². The van der Waals surface area contributed by atoms with E-state index < -0.39 is 0 Å². The first-order valence-electron chi connectivity index (χ1n) is 6.14. The zero-order valence-corrected chi connectivity index (χ0v) is 11.8. The normalized spacial score (nSPS) is 11.7. The van der Waals surface area contributed by atoms with Gasteiger partial charge in [-0.2, -0.15) is 0 Å². The molecule has 6 heteroatoms. The Kier molecular flexibility index (Phi) is 13.0. The summed E-state index contributed by atoms with van der Waals surface area (Å²) in [6, 6.07) is 0. The Bertz CT molecular complexity index is 141. The molecule has 0 aliphatic carbocycles. The molecule has 0 saturated carbocycles. The molecule has 0 radical (unpaired) electrons. The topological polar surface area (TPSA) is 55.4 Å². The van der Waals surface area contributed by atoms with E-state index >= 15 is 0 Å². The van der Waals surface area contributed by atoms with Gasteiger partial charge in [-0.15, -0.1) is 0 Å². The molecule has 0 aromatic carbocycles. The lowest BCUT2D eigenvalue weighted by Crippen LogP contribution is -2.14. The van der Waals surface area contributed by atoms with Gasteiger partial charge < -0.3 is 18.9 Å². The predicted octanol–water partition coefficient (Wildman–Crippen LogP) is 1.73. The van der Waals surface area contributed by atoms with E-state index in [1.165, 1.54) is 0 Å². The van der Waals surface area contributed by atoms with Crippen LogP contribution in [0.4, 0.5) is 0 Å². The van der Waals surface area contributed by atoms with Gasteiger partial charge in [-0.3, -0.25) is 0 Å². The Labute approximate surface area is 109 Å². The van der Waals surface area contributed by atoms with Gasteiger partial charge in [-0.25, -0.2) is 9.78 Å². The summed E-state index contributed by atoms with van der Waals surface area (Å²) >= 11 is 0. The first kappa shape index (κ1) is 17.8. The lowest BCUT2D eigenvalue weighted by Gasteiger charge is -2.13. The Hall–Kier alpha value is -0.240. The number of hydrogen-bond donors (Lipinski definition) is 0. The molecule has 0 aromatic rings. The minimum atomic E-state index is -0.169. The van der Waals surface area contributed by atoms with Gasteiger partial charge in [0.25, 0.3) is 0 Å². The van der Waals surface area contributed by atoms with Crippen LogP contribution in [-0.4, -0.2) is 54.2 Å². The van der Waals surface area contributed by atoms with Crippen LogP contribution in [0.2, 0.25) is 0 Å². The van der Waals surface area contributed by atoms with Crippen LogP contribution in [0.25, 0.3) is 0 Å². The van der Waals surface area contributed by atoms with Gasteiger partial charge in [0.1, 0.15) is 0 Å². The van der Waals surface area contributed by atoms with E-state index in [9.17, 15) is 0 Å². The van der Waals surface area contributed by atoms with Gasteiger partial charge in [0.2, 0.25) is 0 Å². The summed E-state index contributed by atoms with van der Waals surface area (Å²) in [5.74, 6) is 0. The van der Waals surface area contributed by atoms with Gasteiger partial charge in [0, 0.05) is 41.3 Å². The molecule has 0 amide bonds. The molecule has 0 atom stereocenters. The van der Waals surface area contributed by atoms with Crippen molar-refractivity contribution in [1.82, 2.24) is 0 Å². The van der Waals surface area contributed by atoms with Crippen LogP contribution in [0.15, 0.2) is 0 Å². The molecule has 6 nitrogen and oxygen atoms in total. The fourth-order valence-electron chi connectivity index (χ4n) is 1.40. The predicted molar refractivity (Wildman–Crippen MR) is 66.0 cm³/mol. The third-order valence-electron chi connectivity index (χ3n) is 2.47. The third-order valence-corrected chi connectivity index (χ3v) is 2.47. The number of hydrogen-bond acceptors (Lipinski definition) is 6. The first-order valence-corrected chi connectivity index (χ1v) is 6.14. The van der Waals surface area contributed by atoms with Crippen molar-refractivity contribution in [3.8, 4) is 0 Å². The molecule has 0 saturated heterocycles. The maximum atomic E-state index is 5.05. The van der Waals surface area contributed by atoms with Crippen LogP contribution in [0.5, 0.6) is 0 Å². The van der Waals surface area contributed by atoms with E-state index in [1.807, 2.05) is 0 Å². The van der Waals surface area contributed by atoms with Gasteiger partial charge >= 0.3 is 0 Å². The summed E-state index contributed by atoms with van der Waals surface area (Å²) in [6.45, 7) is 1.06. The summed E-state index contributed by atoms with van der Waals surface area (Å²) in [5.41, 5.74) is 0. The van der Waals surface area contributed by atoms with Crippen molar-refractivity contribution in [1.29, 1.82) is 0 Å². The highest BCUT2D eigenvalue weighted by molar-refractivity contribution is 4.44. The molecule has 0 fully saturated rings. The number of rotatable bonds is 13. The molecule has 0 heterocycles. The first-order chi connectivity index (χ1) is 8.78. The fourth-order valence-corrected chi connectivity index (χ4v) is 1.40. The Morgan fingerprint density at radius 2 is 0.944 bits per heavy atom. The largest absolute Gasteiger partial charge is 0.356 e. The van der Waals surface area contributed by atoms with Gasteiger partial charge in [0.15, 0.2) is 12.6 Å². The van der Waals surface area contributed by atoms with Crippen molar-refractivity contribution in [3.05, 3.63) is 0 Å². The summed E-state index contributed by atoms with van der Waals surface area (Å²) in [4.78, 5) is 10.1. The van der Waals surface area contributed by atoms with Gasteiger partial charge in [-0.1, -0.05) is 0 Å². The molecule has 18 heavy (non-hydrogen) atoms. The number of methoxy groups -OCH3 is 4. The monoisotopic (exact) mass is 266 g/mol. The van der Waals surface area contributed by atoms with Crippen LogP contribution >= 0.6 is 0 Å². The molecule has 0 N–H and O–H groups in total. The Morgan fingerprint density at radius 1 is 0.611 bits per heavy atom. The second-order valence-corrected chi connectivity index (χ2v) is 3.73. The Morgan fingerprint density at radius 3 is 1.22 bits per heavy atom. The van der Waals surface area contributed by atoms with E-state index in [4.69, 9.17) is 28.7 Å². The average Bonchev–Trinajstić information content (AvgIpc) is 2.41. The van der Waals surface area contributed by atoms with E-state index in [1.54, 1.807) is 28.4 Å². The lowest BCUT2D eigenvalue weighted by molar-refractivity contribution is -0.297. The van der Waals surface area contributed by atoms with Gasteiger partial charge in [0.05, 0.1) is 13.2 Å². The van der Waals surface area contributed by atoms with Crippen molar-refractivity contribution in [2.45, 2.75) is 38.3 Å². The maximum absolute atomic E-state index is 5.05. The highest BCUT2D eigenvalue weighted by atomic mass is 17.2. The molecular weight excluding hydrogens is 240 g/mol. The molecule has 0 rings (SSSR count). The van der Waals surface area contributed by atoms with Crippen LogP contribution in [-0.2, 0) is 28.7 Å². The van der Waals surface area contributed by atoms with Crippen LogP contribution in [0, 0.1) is 0 Å². The SMILES string of the molecule is COC(CCCOOCCCC(OC)OC)OC. The van der Waals surface area contributed by atoms with Crippen LogP contribution in [0.3, 0.4) is 0 Å². The summed E-state index contributed by atoms with van der Waals surface area (Å²) in [6.07, 6.45) is 2.88. The molecule has 0 bridgehead atoms. The smallest absolute Gasteiger partial charge is 0.156 e. The zero-order valence-electron chi connectivity index (χ0n) is 11.8. The second-order valence-electron chi connectivity index (χ2n) is 3.73. The number of ether oxygens (including phenoxy) is 4. The summed E-state index contributed by atoms with van der Waals surface area (Å²) in [5, 5.41) is 0. The summed E-state index contributed by atoms with van der Waals surface area (Å²) < 4.78 is 20.2. The maximum Gasteiger partial charge on any atom is 0.156 e.